The Hall–Kier alpha value is -2.45. The van der Waals surface area contributed by atoms with Gasteiger partial charge in [0.15, 0.2) is 0 Å². The average Bonchev–Trinajstić information content (AvgIpc) is 3.49. The van der Waals surface area contributed by atoms with Crippen LogP contribution in [0.2, 0.25) is 0 Å². The summed E-state index contributed by atoms with van der Waals surface area (Å²) < 4.78 is 6.45. The number of carbonyl (C=O) groups excluding carboxylic acids is 3. The fourth-order valence-corrected chi connectivity index (χ4v) is 6.77. The lowest BCUT2D eigenvalue weighted by Crippen LogP contribution is -2.59. The molecular formula is C26H35N3O5. The van der Waals surface area contributed by atoms with Gasteiger partial charge in [-0.2, -0.15) is 0 Å². The third-order valence-electron chi connectivity index (χ3n) is 8.36. The predicted octanol–water partition coefficient (Wildman–Crippen LogP) is 2.22. The summed E-state index contributed by atoms with van der Waals surface area (Å²) in [6.45, 7) is 1.66. The van der Waals surface area contributed by atoms with Crippen LogP contribution in [0.3, 0.4) is 0 Å². The molecule has 5 rings (SSSR count). The number of benzene rings is 1. The topological polar surface area (TPSA) is 108 Å². The van der Waals surface area contributed by atoms with Gasteiger partial charge in [-0.3, -0.25) is 14.4 Å². The smallest absolute Gasteiger partial charge is 0.246 e. The Morgan fingerprint density at radius 2 is 1.88 bits per heavy atom. The van der Waals surface area contributed by atoms with Gasteiger partial charge < -0.3 is 25.4 Å². The number of rotatable bonds is 7. The Bertz CT molecular complexity index is 930. The molecule has 1 saturated carbocycles. The Balaban J connectivity index is 1.46. The van der Waals surface area contributed by atoms with Crippen LogP contribution in [-0.4, -0.2) is 64.2 Å². The van der Waals surface area contributed by atoms with Crippen molar-refractivity contribution in [1.82, 2.24) is 10.2 Å². The molecule has 3 saturated heterocycles. The van der Waals surface area contributed by atoms with Gasteiger partial charge in [0.05, 0.1) is 30.6 Å². The number of amides is 3. The first-order valence-corrected chi connectivity index (χ1v) is 12.8. The largest absolute Gasteiger partial charge is 0.394 e. The quantitative estimate of drug-likeness (QED) is 0.568. The van der Waals surface area contributed by atoms with E-state index >= 15 is 0 Å². The van der Waals surface area contributed by atoms with Gasteiger partial charge >= 0.3 is 0 Å². The highest BCUT2D eigenvalue weighted by Crippen LogP contribution is 2.59. The monoisotopic (exact) mass is 469 g/mol. The lowest BCUT2D eigenvalue weighted by atomic mass is 9.70. The highest BCUT2D eigenvalue weighted by molar-refractivity contribution is 6.02. The minimum Gasteiger partial charge on any atom is -0.394 e. The Morgan fingerprint density at radius 1 is 1.15 bits per heavy atom. The van der Waals surface area contributed by atoms with Gasteiger partial charge in [0.1, 0.15) is 11.6 Å². The number of hydrogen-bond donors (Lipinski definition) is 3. The number of ether oxygens (including phenoxy) is 1. The molecule has 184 valence electrons. The second-order valence-electron chi connectivity index (χ2n) is 10.2. The molecule has 3 N–H and O–H groups in total. The molecule has 34 heavy (non-hydrogen) atoms. The van der Waals surface area contributed by atoms with E-state index < -0.39 is 29.5 Å². The zero-order valence-electron chi connectivity index (χ0n) is 19.7. The van der Waals surface area contributed by atoms with E-state index in [0.717, 1.165) is 25.7 Å². The number of carbonyl (C=O) groups is 3. The van der Waals surface area contributed by atoms with Crippen LogP contribution in [-0.2, 0) is 19.1 Å². The molecule has 8 nitrogen and oxygen atoms in total. The molecule has 4 aliphatic rings. The van der Waals surface area contributed by atoms with Crippen LogP contribution >= 0.6 is 0 Å². The van der Waals surface area contributed by atoms with Crippen molar-refractivity contribution in [2.24, 2.45) is 11.8 Å². The maximum absolute atomic E-state index is 13.9. The third kappa shape index (κ3) is 3.71. The van der Waals surface area contributed by atoms with E-state index in [1.165, 1.54) is 6.42 Å². The number of anilines is 1. The molecule has 2 bridgehead atoms. The lowest BCUT2D eigenvalue weighted by molar-refractivity contribution is -0.145. The molecule has 1 spiro atoms. The van der Waals surface area contributed by atoms with Gasteiger partial charge in [0.2, 0.25) is 17.7 Å². The summed E-state index contributed by atoms with van der Waals surface area (Å²) in [6.07, 6.45) is 6.54. The number of para-hydroxylation sites is 1. The molecule has 3 amide bonds. The standard InChI is InChI=1S/C26H35N3O5/c1-2-18(15-30)29-22(24(32)28-17-11-7-4-8-12-17)26-14-13-19(34-26)20(21(26)25(29)33)23(31)27-16-9-5-3-6-10-16/h3,5-6,9-10,17-22,30H,2,4,7-8,11-15H2,1H3,(H,27,31)(H,28,32)/t18-,19+,20-,21-,22?,26?/m0/s1. The zero-order chi connectivity index (χ0) is 23.9. The van der Waals surface area contributed by atoms with E-state index in [-0.39, 0.29) is 36.5 Å². The first kappa shape index (κ1) is 23.3. The van der Waals surface area contributed by atoms with Gasteiger partial charge in [-0.05, 0) is 44.2 Å². The van der Waals surface area contributed by atoms with Gasteiger partial charge in [-0.25, -0.2) is 0 Å². The van der Waals surface area contributed by atoms with Crippen LogP contribution in [0, 0.1) is 11.8 Å². The van der Waals surface area contributed by atoms with E-state index in [1.807, 2.05) is 37.3 Å². The van der Waals surface area contributed by atoms with Crippen molar-refractivity contribution in [3.8, 4) is 0 Å². The van der Waals surface area contributed by atoms with Crippen molar-refractivity contribution >= 4 is 23.4 Å². The minimum absolute atomic E-state index is 0.0960. The van der Waals surface area contributed by atoms with Crippen LogP contribution in [0.5, 0.6) is 0 Å². The fraction of sp³-hybridized carbons (Fsp3) is 0.654. The molecule has 1 aromatic carbocycles. The molecule has 3 heterocycles. The second kappa shape index (κ2) is 9.30. The predicted molar refractivity (Wildman–Crippen MR) is 126 cm³/mol. The van der Waals surface area contributed by atoms with Gasteiger partial charge in [0, 0.05) is 11.7 Å². The van der Waals surface area contributed by atoms with E-state index in [9.17, 15) is 19.5 Å². The average molecular weight is 470 g/mol. The number of fused-ring (bicyclic) bond motifs is 1. The normalized spacial score (nSPS) is 33.6. The van der Waals surface area contributed by atoms with Gasteiger partial charge in [-0.15, -0.1) is 0 Å². The summed E-state index contributed by atoms with van der Waals surface area (Å²) in [7, 11) is 0. The maximum atomic E-state index is 13.9. The molecule has 1 aromatic rings. The number of likely N-dealkylation sites (tertiary alicyclic amines) is 1. The summed E-state index contributed by atoms with van der Waals surface area (Å²) in [5.41, 5.74) is -0.359. The van der Waals surface area contributed by atoms with E-state index in [4.69, 9.17) is 4.74 Å². The molecule has 4 fully saturated rings. The summed E-state index contributed by atoms with van der Waals surface area (Å²) in [6, 6.07) is 7.95. The van der Waals surface area contributed by atoms with Crippen molar-refractivity contribution in [2.75, 3.05) is 11.9 Å². The van der Waals surface area contributed by atoms with E-state index in [2.05, 4.69) is 10.6 Å². The summed E-state index contributed by atoms with van der Waals surface area (Å²) in [4.78, 5) is 42.5. The first-order valence-electron chi connectivity index (χ1n) is 12.8. The van der Waals surface area contributed by atoms with Crippen LogP contribution in [0.15, 0.2) is 30.3 Å². The lowest BCUT2D eigenvalue weighted by Gasteiger charge is -2.37. The SMILES string of the molecule is CC[C@@H](CO)N1C(=O)[C@@H]2[C@@H](C(=O)Nc3ccccc3)[C@H]3CCC2(O3)C1C(=O)NC1CCCCC1. The molecule has 3 aliphatic heterocycles. The number of hydrogen-bond acceptors (Lipinski definition) is 5. The highest BCUT2D eigenvalue weighted by atomic mass is 16.5. The van der Waals surface area contributed by atoms with Crippen molar-refractivity contribution < 1.29 is 24.2 Å². The summed E-state index contributed by atoms with van der Waals surface area (Å²) >= 11 is 0. The molecule has 0 aromatic heterocycles. The summed E-state index contributed by atoms with van der Waals surface area (Å²) in [5.74, 6) is -2.09. The molecule has 6 atom stereocenters. The van der Waals surface area contributed by atoms with Crippen molar-refractivity contribution in [1.29, 1.82) is 0 Å². The molecule has 1 aliphatic carbocycles. The number of nitrogens with zero attached hydrogens (tertiary/aromatic N) is 1. The van der Waals surface area contributed by atoms with Crippen molar-refractivity contribution in [3.63, 3.8) is 0 Å². The van der Waals surface area contributed by atoms with Gasteiger partial charge in [0.25, 0.3) is 0 Å². The Morgan fingerprint density at radius 3 is 2.56 bits per heavy atom. The maximum Gasteiger partial charge on any atom is 0.246 e. The Labute approximate surface area is 200 Å². The zero-order valence-corrected chi connectivity index (χ0v) is 19.7. The van der Waals surface area contributed by atoms with Gasteiger partial charge in [-0.1, -0.05) is 44.4 Å². The number of nitrogens with one attached hydrogen (secondary N) is 2. The summed E-state index contributed by atoms with van der Waals surface area (Å²) in [5, 5.41) is 16.2. The first-order chi connectivity index (χ1) is 16.5. The highest BCUT2D eigenvalue weighted by Gasteiger charge is 2.75. The van der Waals surface area contributed by atoms with Crippen molar-refractivity contribution in [2.45, 2.75) is 88.1 Å². The molecule has 8 heteroatoms. The number of aliphatic hydroxyl groups is 1. The third-order valence-corrected chi connectivity index (χ3v) is 8.36. The van der Waals surface area contributed by atoms with Crippen LogP contribution in [0.25, 0.3) is 0 Å². The van der Waals surface area contributed by atoms with Crippen molar-refractivity contribution in [3.05, 3.63) is 30.3 Å². The van der Waals surface area contributed by atoms with Crippen LogP contribution in [0.4, 0.5) is 5.69 Å². The molecule has 0 radical (unpaired) electrons. The van der Waals surface area contributed by atoms with E-state index in [1.54, 1.807) is 4.90 Å². The Kier molecular flexibility index (Phi) is 6.37. The van der Waals surface area contributed by atoms with Crippen LogP contribution < -0.4 is 10.6 Å². The molecular weight excluding hydrogens is 434 g/mol. The minimum atomic E-state index is -1.03. The fourth-order valence-electron chi connectivity index (χ4n) is 6.77. The van der Waals surface area contributed by atoms with Crippen LogP contribution in [0.1, 0.15) is 58.3 Å². The molecule has 2 unspecified atom stereocenters. The van der Waals surface area contributed by atoms with E-state index in [0.29, 0.717) is 24.9 Å². The number of aliphatic hydroxyl groups excluding tert-OH is 1. The second-order valence-corrected chi connectivity index (χ2v) is 10.2.